The molecule has 0 aliphatic carbocycles. The zero-order valence-electron chi connectivity index (χ0n) is 10.3. The highest BCUT2D eigenvalue weighted by atomic mass is 35.5. The Morgan fingerprint density at radius 3 is 2.59 bits per heavy atom. The summed E-state index contributed by atoms with van der Waals surface area (Å²) in [6.07, 6.45) is 0. The second-order valence-corrected chi connectivity index (χ2v) is 4.55. The Morgan fingerprint density at radius 1 is 1.29 bits per heavy atom. The fourth-order valence-corrected chi connectivity index (χ4v) is 2.13. The Balaban J connectivity index is 2.41. The van der Waals surface area contributed by atoms with Crippen LogP contribution in [0, 0.1) is 13.8 Å². The van der Waals surface area contributed by atoms with Gasteiger partial charge in [0.05, 0.1) is 11.4 Å². The molecule has 2 rings (SSSR count). The molecule has 0 fully saturated rings. The van der Waals surface area contributed by atoms with Gasteiger partial charge in [-0.2, -0.15) is 5.10 Å². The third-order valence-electron chi connectivity index (χ3n) is 2.66. The molecule has 0 bridgehead atoms. The molecule has 0 amide bonds. The third-order valence-corrected chi connectivity index (χ3v) is 3.01. The van der Waals surface area contributed by atoms with Gasteiger partial charge in [0.15, 0.2) is 0 Å². The molecule has 1 heterocycles. The summed E-state index contributed by atoms with van der Waals surface area (Å²) in [5, 5.41) is 8.30. The predicted octanol–water partition coefficient (Wildman–Crippen LogP) is 2.86. The molecular formula is C13H16ClN3. The molecule has 0 unspecified atom stereocenters. The lowest BCUT2D eigenvalue weighted by Crippen LogP contribution is -2.06. The molecule has 90 valence electrons. The highest BCUT2D eigenvalue weighted by molar-refractivity contribution is 6.31. The second kappa shape index (κ2) is 4.90. The zero-order chi connectivity index (χ0) is 12.4. The quantitative estimate of drug-likeness (QED) is 0.907. The molecule has 3 nitrogen and oxygen atoms in total. The molecular weight excluding hydrogens is 234 g/mol. The first kappa shape index (κ1) is 12.1. The van der Waals surface area contributed by atoms with Gasteiger partial charge in [0.2, 0.25) is 0 Å². The molecule has 17 heavy (non-hydrogen) atoms. The first-order valence-corrected chi connectivity index (χ1v) is 5.96. The van der Waals surface area contributed by atoms with Crippen molar-refractivity contribution in [3.05, 3.63) is 46.2 Å². The summed E-state index contributed by atoms with van der Waals surface area (Å²) in [7, 11) is 1.91. The predicted molar refractivity (Wildman–Crippen MR) is 70.8 cm³/mol. The zero-order valence-corrected chi connectivity index (χ0v) is 11.0. The second-order valence-electron chi connectivity index (χ2n) is 4.14. The van der Waals surface area contributed by atoms with Crippen LogP contribution < -0.4 is 5.32 Å². The van der Waals surface area contributed by atoms with Crippen LogP contribution in [0.4, 0.5) is 0 Å². The summed E-state index contributed by atoms with van der Waals surface area (Å²) in [5.74, 6) is 0. The minimum atomic E-state index is 0.768. The van der Waals surface area contributed by atoms with Crippen LogP contribution >= 0.6 is 11.6 Å². The lowest BCUT2D eigenvalue weighted by Gasteiger charge is -2.08. The third kappa shape index (κ3) is 2.51. The van der Waals surface area contributed by atoms with Crippen molar-refractivity contribution >= 4 is 11.6 Å². The van der Waals surface area contributed by atoms with Crippen LogP contribution in [0.15, 0.2) is 24.3 Å². The van der Waals surface area contributed by atoms with Gasteiger partial charge in [-0.05, 0) is 44.7 Å². The van der Waals surface area contributed by atoms with E-state index in [2.05, 4.69) is 16.5 Å². The van der Waals surface area contributed by atoms with Crippen LogP contribution in [0.25, 0.3) is 5.69 Å². The Bertz CT molecular complexity index is 531. The highest BCUT2D eigenvalue weighted by Gasteiger charge is 2.06. The average Bonchev–Trinajstić information content (AvgIpc) is 2.61. The maximum Gasteiger partial charge on any atom is 0.0663 e. The minimum absolute atomic E-state index is 0.768. The van der Waals surface area contributed by atoms with Crippen molar-refractivity contribution in [2.75, 3.05) is 7.05 Å². The Kier molecular flexibility index (Phi) is 3.50. The van der Waals surface area contributed by atoms with Crippen molar-refractivity contribution in [2.45, 2.75) is 20.4 Å². The SMILES string of the molecule is CNCc1ccc(-n2nc(C)cc2C)cc1Cl. The van der Waals surface area contributed by atoms with Gasteiger partial charge in [-0.25, -0.2) is 4.68 Å². The van der Waals surface area contributed by atoms with Gasteiger partial charge in [-0.3, -0.25) is 0 Å². The fourth-order valence-electron chi connectivity index (χ4n) is 1.89. The van der Waals surface area contributed by atoms with Crippen molar-refractivity contribution in [3.63, 3.8) is 0 Å². The Morgan fingerprint density at radius 2 is 2.06 bits per heavy atom. The summed E-state index contributed by atoms with van der Waals surface area (Å²) in [6.45, 7) is 4.80. The van der Waals surface area contributed by atoms with Gasteiger partial charge in [0.25, 0.3) is 0 Å². The smallest absolute Gasteiger partial charge is 0.0663 e. The summed E-state index contributed by atoms with van der Waals surface area (Å²) >= 11 is 6.24. The summed E-state index contributed by atoms with van der Waals surface area (Å²) in [4.78, 5) is 0. The molecule has 0 spiro atoms. The monoisotopic (exact) mass is 249 g/mol. The topological polar surface area (TPSA) is 29.9 Å². The van der Waals surface area contributed by atoms with E-state index in [1.54, 1.807) is 0 Å². The number of halogens is 1. The van der Waals surface area contributed by atoms with E-state index >= 15 is 0 Å². The van der Waals surface area contributed by atoms with Gasteiger partial charge in [-0.1, -0.05) is 17.7 Å². The molecule has 2 aromatic rings. The van der Waals surface area contributed by atoms with Gasteiger partial charge < -0.3 is 5.32 Å². The van der Waals surface area contributed by atoms with Crippen LogP contribution in [-0.2, 0) is 6.54 Å². The first-order valence-electron chi connectivity index (χ1n) is 5.58. The molecule has 0 saturated carbocycles. The number of nitrogens with zero attached hydrogens (tertiary/aromatic N) is 2. The van der Waals surface area contributed by atoms with Crippen molar-refractivity contribution in [1.29, 1.82) is 0 Å². The molecule has 1 aromatic heterocycles. The normalized spacial score (nSPS) is 10.8. The van der Waals surface area contributed by atoms with Crippen LogP contribution in [0.1, 0.15) is 17.0 Å². The minimum Gasteiger partial charge on any atom is -0.316 e. The van der Waals surface area contributed by atoms with Gasteiger partial charge >= 0.3 is 0 Å². The van der Waals surface area contributed by atoms with Gasteiger partial charge in [0.1, 0.15) is 0 Å². The van der Waals surface area contributed by atoms with E-state index in [0.29, 0.717) is 0 Å². The van der Waals surface area contributed by atoms with E-state index in [9.17, 15) is 0 Å². The van der Waals surface area contributed by atoms with E-state index < -0.39 is 0 Å². The standard InChI is InChI=1S/C13H16ClN3/c1-9-6-10(2)17(16-9)12-5-4-11(8-15-3)13(14)7-12/h4-7,15H,8H2,1-3H3. The fraction of sp³-hybridized carbons (Fsp3) is 0.308. The average molecular weight is 250 g/mol. The van der Waals surface area contributed by atoms with E-state index in [4.69, 9.17) is 11.6 Å². The molecule has 0 radical (unpaired) electrons. The number of aromatic nitrogens is 2. The van der Waals surface area contributed by atoms with Gasteiger partial charge in [-0.15, -0.1) is 0 Å². The number of rotatable bonds is 3. The molecule has 0 atom stereocenters. The van der Waals surface area contributed by atoms with E-state index in [1.165, 1.54) is 0 Å². The number of benzene rings is 1. The van der Waals surface area contributed by atoms with E-state index in [-0.39, 0.29) is 0 Å². The molecule has 4 heteroatoms. The maximum absolute atomic E-state index is 6.24. The van der Waals surface area contributed by atoms with Crippen molar-refractivity contribution < 1.29 is 0 Å². The molecule has 1 N–H and O–H groups in total. The lowest BCUT2D eigenvalue weighted by molar-refractivity contribution is 0.810. The van der Waals surface area contributed by atoms with Crippen LogP contribution in [0.2, 0.25) is 5.02 Å². The largest absolute Gasteiger partial charge is 0.316 e. The van der Waals surface area contributed by atoms with Crippen LogP contribution in [0.5, 0.6) is 0 Å². The number of hydrogen-bond donors (Lipinski definition) is 1. The van der Waals surface area contributed by atoms with Crippen LogP contribution in [0.3, 0.4) is 0 Å². The van der Waals surface area contributed by atoms with Crippen molar-refractivity contribution in [1.82, 2.24) is 15.1 Å². The first-order chi connectivity index (χ1) is 8.11. The highest BCUT2D eigenvalue weighted by Crippen LogP contribution is 2.21. The lowest BCUT2D eigenvalue weighted by atomic mass is 10.2. The van der Waals surface area contributed by atoms with Gasteiger partial charge in [0, 0.05) is 17.3 Å². The maximum atomic E-state index is 6.24. The molecule has 0 aliphatic rings. The van der Waals surface area contributed by atoms with Crippen molar-refractivity contribution in [2.24, 2.45) is 0 Å². The summed E-state index contributed by atoms with van der Waals surface area (Å²) < 4.78 is 1.91. The number of nitrogens with one attached hydrogen (secondary N) is 1. The number of hydrogen-bond acceptors (Lipinski definition) is 2. The van der Waals surface area contributed by atoms with Crippen molar-refractivity contribution in [3.8, 4) is 5.69 Å². The number of aryl methyl sites for hydroxylation is 2. The van der Waals surface area contributed by atoms with E-state index in [0.717, 1.165) is 34.2 Å². The summed E-state index contributed by atoms with van der Waals surface area (Å²) in [5.41, 5.74) is 4.22. The molecule has 0 saturated heterocycles. The van der Waals surface area contributed by atoms with E-state index in [1.807, 2.05) is 43.8 Å². The Labute approximate surface area is 106 Å². The Hall–Kier alpha value is -1.32. The summed E-state index contributed by atoms with van der Waals surface area (Å²) in [6, 6.07) is 8.08. The molecule has 1 aromatic carbocycles. The van der Waals surface area contributed by atoms with Crippen LogP contribution in [-0.4, -0.2) is 16.8 Å². The molecule has 0 aliphatic heterocycles.